The first-order valence-electron chi connectivity index (χ1n) is 4.51. The Labute approximate surface area is 90.8 Å². The van der Waals surface area contributed by atoms with Gasteiger partial charge in [0, 0.05) is 17.8 Å². The number of rotatable bonds is 1. The largest absolute Gasteiger partial charge is 0.256 e. The molecular formula is C12H6F2N2. The van der Waals surface area contributed by atoms with Crippen LogP contribution in [0, 0.1) is 23.0 Å². The van der Waals surface area contributed by atoms with Crippen LogP contribution in [-0.2, 0) is 0 Å². The molecule has 2 aromatic rings. The lowest BCUT2D eigenvalue weighted by Gasteiger charge is -2.01. The predicted octanol–water partition coefficient (Wildman–Crippen LogP) is 2.90. The van der Waals surface area contributed by atoms with Gasteiger partial charge in [-0.15, -0.1) is 0 Å². The van der Waals surface area contributed by atoms with Gasteiger partial charge in [-0.2, -0.15) is 5.26 Å². The van der Waals surface area contributed by atoms with Crippen molar-refractivity contribution >= 4 is 0 Å². The number of hydrogen-bond donors (Lipinski definition) is 0. The summed E-state index contributed by atoms with van der Waals surface area (Å²) in [5.41, 5.74) is 0.869. The number of pyridine rings is 1. The average Bonchev–Trinajstić information content (AvgIpc) is 2.28. The molecule has 0 saturated carbocycles. The number of aromatic nitrogens is 1. The fourth-order valence-electron chi connectivity index (χ4n) is 1.36. The summed E-state index contributed by atoms with van der Waals surface area (Å²) in [6.45, 7) is 0. The lowest BCUT2D eigenvalue weighted by Crippen LogP contribution is -1.88. The summed E-state index contributed by atoms with van der Waals surface area (Å²) in [6, 6.07) is 8.01. The van der Waals surface area contributed by atoms with E-state index in [1.807, 2.05) is 6.07 Å². The van der Waals surface area contributed by atoms with Crippen molar-refractivity contribution in [1.29, 1.82) is 5.26 Å². The zero-order valence-corrected chi connectivity index (χ0v) is 8.11. The Morgan fingerprint density at radius 1 is 1.06 bits per heavy atom. The maximum atomic E-state index is 13.1. The van der Waals surface area contributed by atoms with Crippen molar-refractivity contribution in [3.63, 3.8) is 0 Å². The molecule has 0 atom stereocenters. The molecule has 4 heteroatoms. The first-order chi connectivity index (χ1) is 7.69. The molecule has 0 fully saturated rings. The molecule has 0 spiro atoms. The molecule has 0 aliphatic carbocycles. The summed E-state index contributed by atoms with van der Waals surface area (Å²) >= 11 is 0. The van der Waals surface area contributed by atoms with Crippen LogP contribution >= 0.6 is 0 Å². The molecule has 1 heterocycles. The summed E-state index contributed by atoms with van der Waals surface area (Å²) in [6.07, 6.45) is 1.29. The number of hydrogen-bond acceptors (Lipinski definition) is 2. The maximum absolute atomic E-state index is 13.1. The number of halogens is 2. The highest BCUT2D eigenvalue weighted by atomic mass is 19.1. The minimum Gasteiger partial charge on any atom is -0.256 e. The van der Waals surface area contributed by atoms with Crippen molar-refractivity contribution in [3.05, 3.63) is 53.7 Å². The van der Waals surface area contributed by atoms with Crippen molar-refractivity contribution in [2.24, 2.45) is 0 Å². The zero-order chi connectivity index (χ0) is 11.5. The van der Waals surface area contributed by atoms with Crippen LogP contribution in [0.2, 0.25) is 0 Å². The fourth-order valence-corrected chi connectivity index (χ4v) is 1.36. The quantitative estimate of drug-likeness (QED) is 0.734. The third-order valence-corrected chi connectivity index (χ3v) is 2.04. The monoisotopic (exact) mass is 216 g/mol. The van der Waals surface area contributed by atoms with Gasteiger partial charge >= 0.3 is 0 Å². The van der Waals surface area contributed by atoms with Crippen LogP contribution in [0.5, 0.6) is 0 Å². The van der Waals surface area contributed by atoms with Crippen LogP contribution in [0.15, 0.2) is 36.5 Å². The van der Waals surface area contributed by atoms with Gasteiger partial charge in [0.15, 0.2) is 0 Å². The molecule has 2 nitrogen and oxygen atoms in total. The molecule has 0 bridgehead atoms. The van der Waals surface area contributed by atoms with Crippen LogP contribution < -0.4 is 0 Å². The van der Waals surface area contributed by atoms with Gasteiger partial charge in [0.2, 0.25) is 0 Å². The van der Waals surface area contributed by atoms with Crippen molar-refractivity contribution < 1.29 is 8.78 Å². The molecular weight excluding hydrogens is 210 g/mol. The van der Waals surface area contributed by atoms with E-state index in [1.165, 1.54) is 30.5 Å². The van der Waals surface area contributed by atoms with Crippen LogP contribution in [0.3, 0.4) is 0 Å². The summed E-state index contributed by atoms with van der Waals surface area (Å²) in [5, 5.41) is 8.68. The molecule has 0 N–H and O–H groups in total. The first kappa shape index (κ1) is 10.2. The maximum Gasteiger partial charge on any atom is 0.126 e. The van der Waals surface area contributed by atoms with Crippen molar-refractivity contribution in [1.82, 2.24) is 4.98 Å². The van der Waals surface area contributed by atoms with E-state index in [0.29, 0.717) is 11.3 Å². The Bertz CT molecular complexity index is 573. The van der Waals surface area contributed by atoms with Gasteiger partial charge in [0.1, 0.15) is 11.6 Å². The Hall–Kier alpha value is -2.28. The van der Waals surface area contributed by atoms with Gasteiger partial charge in [-0.25, -0.2) is 8.78 Å². The van der Waals surface area contributed by atoms with E-state index in [-0.39, 0.29) is 5.56 Å². The normalized spacial score (nSPS) is 9.81. The van der Waals surface area contributed by atoms with Gasteiger partial charge < -0.3 is 0 Å². The Morgan fingerprint density at radius 3 is 2.56 bits per heavy atom. The second kappa shape index (κ2) is 4.07. The number of nitriles is 1. The zero-order valence-electron chi connectivity index (χ0n) is 8.11. The van der Waals surface area contributed by atoms with E-state index < -0.39 is 11.6 Å². The SMILES string of the molecule is N#Cc1cc(F)cc(-c2cc(F)ccn2)c1. The lowest BCUT2D eigenvalue weighted by atomic mass is 10.1. The molecule has 0 amide bonds. The fraction of sp³-hybridized carbons (Fsp3) is 0. The molecule has 78 valence electrons. The molecule has 2 rings (SSSR count). The van der Waals surface area contributed by atoms with E-state index >= 15 is 0 Å². The topological polar surface area (TPSA) is 36.7 Å². The number of nitrogens with zero attached hydrogens (tertiary/aromatic N) is 2. The van der Waals surface area contributed by atoms with Gasteiger partial charge in [0.05, 0.1) is 17.3 Å². The summed E-state index contributed by atoms with van der Waals surface area (Å²) in [7, 11) is 0. The summed E-state index contributed by atoms with van der Waals surface area (Å²) in [4.78, 5) is 3.91. The smallest absolute Gasteiger partial charge is 0.126 e. The van der Waals surface area contributed by atoms with E-state index in [9.17, 15) is 8.78 Å². The van der Waals surface area contributed by atoms with Crippen LogP contribution in [0.1, 0.15) is 5.56 Å². The van der Waals surface area contributed by atoms with Gasteiger partial charge in [-0.05, 0) is 24.3 Å². The van der Waals surface area contributed by atoms with Crippen molar-refractivity contribution in [3.8, 4) is 17.3 Å². The molecule has 0 saturated heterocycles. The Kier molecular flexibility index (Phi) is 2.61. The van der Waals surface area contributed by atoms with Gasteiger partial charge in [0.25, 0.3) is 0 Å². The molecule has 0 radical (unpaired) electrons. The van der Waals surface area contributed by atoms with Crippen LogP contribution in [0.25, 0.3) is 11.3 Å². The van der Waals surface area contributed by atoms with Crippen LogP contribution in [-0.4, -0.2) is 4.98 Å². The van der Waals surface area contributed by atoms with Crippen molar-refractivity contribution in [2.45, 2.75) is 0 Å². The van der Waals surface area contributed by atoms with E-state index in [4.69, 9.17) is 5.26 Å². The van der Waals surface area contributed by atoms with Gasteiger partial charge in [-0.3, -0.25) is 4.98 Å². The van der Waals surface area contributed by atoms with Crippen molar-refractivity contribution in [2.75, 3.05) is 0 Å². The Balaban J connectivity index is 2.56. The summed E-state index contributed by atoms with van der Waals surface area (Å²) < 4.78 is 26.1. The minimum absolute atomic E-state index is 0.182. The Morgan fingerprint density at radius 2 is 1.88 bits per heavy atom. The molecule has 1 aromatic heterocycles. The summed E-state index contributed by atoms with van der Waals surface area (Å²) in [5.74, 6) is -0.993. The highest BCUT2D eigenvalue weighted by Gasteiger charge is 2.05. The molecule has 1 aromatic carbocycles. The van der Waals surface area contributed by atoms with E-state index in [2.05, 4.69) is 4.98 Å². The molecule has 16 heavy (non-hydrogen) atoms. The highest BCUT2D eigenvalue weighted by Crippen LogP contribution is 2.20. The third-order valence-electron chi connectivity index (χ3n) is 2.04. The highest BCUT2D eigenvalue weighted by molar-refractivity contribution is 5.61. The van der Waals surface area contributed by atoms with Gasteiger partial charge in [-0.1, -0.05) is 0 Å². The van der Waals surface area contributed by atoms with Crippen LogP contribution in [0.4, 0.5) is 8.78 Å². The predicted molar refractivity (Wildman–Crippen MR) is 54.3 cm³/mol. The number of benzene rings is 1. The third kappa shape index (κ3) is 2.04. The molecule has 0 aliphatic rings. The molecule has 0 aliphatic heterocycles. The second-order valence-corrected chi connectivity index (χ2v) is 3.20. The average molecular weight is 216 g/mol. The lowest BCUT2D eigenvalue weighted by molar-refractivity contribution is 0.624. The van der Waals surface area contributed by atoms with E-state index in [0.717, 1.165) is 6.07 Å². The van der Waals surface area contributed by atoms with E-state index in [1.54, 1.807) is 0 Å². The minimum atomic E-state index is -0.542. The molecule has 0 unspecified atom stereocenters. The standard InChI is InChI=1S/C12H6F2N2/c13-10-1-2-16-12(6-10)9-3-8(7-15)4-11(14)5-9/h1-6H. The second-order valence-electron chi connectivity index (χ2n) is 3.20. The first-order valence-corrected chi connectivity index (χ1v) is 4.51.